The Bertz CT molecular complexity index is 986. The number of furan rings is 1. The first-order chi connectivity index (χ1) is 12.3. The van der Waals surface area contributed by atoms with Gasteiger partial charge in [-0.15, -0.1) is 0 Å². The Kier molecular flexibility index (Phi) is 4.80. The van der Waals surface area contributed by atoms with Crippen LogP contribution in [0.5, 0.6) is 0 Å². The molecular weight excluding hydrogens is 328 g/mol. The Hall–Kier alpha value is -3.08. The maximum Gasteiger partial charge on any atom is 0.248 e. The summed E-state index contributed by atoms with van der Waals surface area (Å²) in [6.07, 6.45) is 1.82. The maximum absolute atomic E-state index is 12.4. The molecule has 26 heavy (non-hydrogen) atoms. The highest BCUT2D eigenvalue weighted by molar-refractivity contribution is 5.98. The predicted octanol–water partition coefficient (Wildman–Crippen LogP) is 4.14. The molecule has 0 unspecified atom stereocenters. The molecule has 0 radical (unpaired) electrons. The van der Waals surface area contributed by atoms with Crippen molar-refractivity contribution in [3.8, 4) is 0 Å². The standard InChI is InChI=1S/C21H22N2O3/c1-12(2)17-10-18-15(11-26-19(18)7-13(17)3)9-20(24)23-16-6-4-5-14(8-16)21(22)25/h4-8,10-12H,9H2,1-3H3,(H2,22,25)(H,23,24). The fourth-order valence-electron chi connectivity index (χ4n) is 3.13. The van der Waals surface area contributed by atoms with Crippen LogP contribution in [0.3, 0.4) is 0 Å². The number of amides is 2. The number of carbonyl (C=O) groups is 2. The molecule has 0 spiro atoms. The third kappa shape index (κ3) is 3.61. The van der Waals surface area contributed by atoms with Crippen LogP contribution in [0.2, 0.25) is 0 Å². The van der Waals surface area contributed by atoms with Crippen LogP contribution in [-0.4, -0.2) is 11.8 Å². The summed E-state index contributed by atoms with van der Waals surface area (Å²) in [5.74, 6) is -0.313. The number of hydrogen-bond donors (Lipinski definition) is 2. The summed E-state index contributed by atoms with van der Waals surface area (Å²) in [5.41, 5.74) is 10.2. The third-order valence-electron chi connectivity index (χ3n) is 4.45. The molecule has 0 saturated heterocycles. The van der Waals surface area contributed by atoms with Gasteiger partial charge in [-0.2, -0.15) is 0 Å². The zero-order valence-electron chi connectivity index (χ0n) is 15.1. The van der Waals surface area contributed by atoms with E-state index in [1.807, 2.05) is 6.07 Å². The summed E-state index contributed by atoms with van der Waals surface area (Å²) in [7, 11) is 0. The van der Waals surface area contributed by atoms with Crippen molar-refractivity contribution in [3.05, 3.63) is 64.9 Å². The number of nitrogens with one attached hydrogen (secondary N) is 1. The molecule has 0 aliphatic heterocycles. The van der Waals surface area contributed by atoms with Gasteiger partial charge in [-0.25, -0.2) is 0 Å². The average Bonchev–Trinajstić information content (AvgIpc) is 2.95. The van der Waals surface area contributed by atoms with E-state index in [0.717, 1.165) is 16.5 Å². The third-order valence-corrected chi connectivity index (χ3v) is 4.45. The van der Waals surface area contributed by atoms with Gasteiger partial charge in [0.25, 0.3) is 0 Å². The molecule has 0 bridgehead atoms. The predicted molar refractivity (Wildman–Crippen MR) is 102 cm³/mol. The quantitative estimate of drug-likeness (QED) is 0.725. The summed E-state index contributed by atoms with van der Waals surface area (Å²) in [6.45, 7) is 6.36. The highest BCUT2D eigenvalue weighted by atomic mass is 16.3. The van der Waals surface area contributed by atoms with E-state index in [0.29, 0.717) is 17.2 Å². The lowest BCUT2D eigenvalue weighted by atomic mass is 9.95. The lowest BCUT2D eigenvalue weighted by molar-refractivity contribution is -0.115. The molecule has 5 heteroatoms. The molecular formula is C21H22N2O3. The Morgan fingerprint density at radius 3 is 2.65 bits per heavy atom. The van der Waals surface area contributed by atoms with Crippen molar-refractivity contribution in [2.45, 2.75) is 33.1 Å². The van der Waals surface area contributed by atoms with Crippen LogP contribution in [-0.2, 0) is 11.2 Å². The van der Waals surface area contributed by atoms with Gasteiger partial charge in [0, 0.05) is 22.2 Å². The molecule has 3 aromatic rings. The van der Waals surface area contributed by atoms with Crippen LogP contribution in [0, 0.1) is 6.92 Å². The van der Waals surface area contributed by atoms with Crippen LogP contribution in [0.4, 0.5) is 5.69 Å². The number of anilines is 1. The Balaban J connectivity index is 1.82. The summed E-state index contributed by atoms with van der Waals surface area (Å²) < 4.78 is 5.63. The number of hydrogen-bond acceptors (Lipinski definition) is 3. The second-order valence-corrected chi connectivity index (χ2v) is 6.79. The van der Waals surface area contributed by atoms with Crippen molar-refractivity contribution in [1.29, 1.82) is 0 Å². The van der Waals surface area contributed by atoms with Crippen molar-refractivity contribution in [1.82, 2.24) is 0 Å². The van der Waals surface area contributed by atoms with Gasteiger partial charge in [-0.05, 0) is 54.3 Å². The minimum absolute atomic E-state index is 0.180. The number of nitrogens with two attached hydrogens (primary N) is 1. The minimum atomic E-state index is -0.529. The van der Waals surface area contributed by atoms with Gasteiger partial charge >= 0.3 is 0 Å². The number of rotatable bonds is 5. The number of carbonyl (C=O) groups excluding carboxylic acids is 2. The van der Waals surface area contributed by atoms with Crippen LogP contribution in [0.25, 0.3) is 11.0 Å². The van der Waals surface area contributed by atoms with E-state index < -0.39 is 5.91 Å². The van der Waals surface area contributed by atoms with Crippen molar-refractivity contribution in [3.63, 3.8) is 0 Å². The van der Waals surface area contributed by atoms with Gasteiger partial charge < -0.3 is 15.5 Å². The molecule has 5 nitrogen and oxygen atoms in total. The van der Waals surface area contributed by atoms with Crippen LogP contribution in [0.1, 0.15) is 46.8 Å². The first kappa shape index (κ1) is 17.7. The smallest absolute Gasteiger partial charge is 0.248 e. The summed E-state index contributed by atoms with van der Waals surface area (Å²) in [5, 5.41) is 3.76. The van der Waals surface area contributed by atoms with Crippen LogP contribution >= 0.6 is 0 Å². The van der Waals surface area contributed by atoms with E-state index in [1.54, 1.807) is 30.5 Å². The van der Waals surface area contributed by atoms with E-state index in [2.05, 4.69) is 32.2 Å². The molecule has 134 valence electrons. The van der Waals surface area contributed by atoms with E-state index in [9.17, 15) is 9.59 Å². The fourth-order valence-corrected chi connectivity index (χ4v) is 3.13. The maximum atomic E-state index is 12.4. The molecule has 0 aliphatic rings. The lowest BCUT2D eigenvalue weighted by Gasteiger charge is -2.10. The van der Waals surface area contributed by atoms with Gasteiger partial charge in [0.15, 0.2) is 0 Å². The fraction of sp³-hybridized carbons (Fsp3) is 0.238. The molecule has 1 aromatic heterocycles. The molecule has 1 heterocycles. The van der Waals surface area contributed by atoms with Crippen molar-refractivity contribution in [2.75, 3.05) is 5.32 Å². The molecule has 2 aromatic carbocycles. The molecule has 0 aliphatic carbocycles. The number of primary amides is 1. The van der Waals surface area contributed by atoms with Crippen molar-refractivity contribution in [2.24, 2.45) is 5.73 Å². The topological polar surface area (TPSA) is 85.3 Å². The second-order valence-electron chi connectivity index (χ2n) is 6.79. The molecule has 2 amide bonds. The Morgan fingerprint density at radius 1 is 1.19 bits per heavy atom. The van der Waals surface area contributed by atoms with E-state index in [4.69, 9.17) is 10.2 Å². The van der Waals surface area contributed by atoms with Gasteiger partial charge in [-0.1, -0.05) is 19.9 Å². The van der Waals surface area contributed by atoms with E-state index in [-0.39, 0.29) is 12.3 Å². The summed E-state index contributed by atoms with van der Waals surface area (Å²) in [4.78, 5) is 23.7. The second kappa shape index (κ2) is 7.04. The first-order valence-electron chi connectivity index (χ1n) is 8.55. The monoisotopic (exact) mass is 350 g/mol. The number of benzene rings is 2. The van der Waals surface area contributed by atoms with Crippen LogP contribution in [0.15, 0.2) is 47.1 Å². The average molecular weight is 350 g/mol. The van der Waals surface area contributed by atoms with Gasteiger partial charge in [0.1, 0.15) is 5.58 Å². The summed E-state index contributed by atoms with van der Waals surface area (Å²) in [6, 6.07) is 10.7. The number of fused-ring (bicyclic) bond motifs is 1. The Morgan fingerprint density at radius 2 is 1.96 bits per heavy atom. The van der Waals surface area contributed by atoms with Crippen molar-refractivity contribution >= 4 is 28.5 Å². The number of aryl methyl sites for hydroxylation is 1. The molecule has 0 saturated carbocycles. The minimum Gasteiger partial charge on any atom is -0.464 e. The van der Waals surface area contributed by atoms with Crippen molar-refractivity contribution < 1.29 is 14.0 Å². The summed E-state index contributed by atoms with van der Waals surface area (Å²) >= 11 is 0. The molecule has 3 rings (SSSR count). The van der Waals surface area contributed by atoms with Gasteiger partial charge in [0.05, 0.1) is 12.7 Å². The zero-order valence-corrected chi connectivity index (χ0v) is 15.1. The van der Waals surface area contributed by atoms with Gasteiger partial charge in [0.2, 0.25) is 11.8 Å². The normalized spacial score (nSPS) is 11.1. The van der Waals surface area contributed by atoms with E-state index in [1.165, 1.54) is 11.1 Å². The zero-order chi connectivity index (χ0) is 18.8. The van der Waals surface area contributed by atoms with Crippen LogP contribution < -0.4 is 11.1 Å². The largest absolute Gasteiger partial charge is 0.464 e. The lowest BCUT2D eigenvalue weighted by Crippen LogP contribution is -2.16. The van der Waals surface area contributed by atoms with E-state index >= 15 is 0 Å². The molecule has 0 atom stereocenters. The SMILES string of the molecule is Cc1cc2occ(CC(=O)Nc3cccc(C(N)=O)c3)c2cc1C(C)C. The Labute approximate surface area is 152 Å². The molecule has 3 N–H and O–H groups in total. The highest BCUT2D eigenvalue weighted by Gasteiger charge is 2.14. The van der Waals surface area contributed by atoms with Gasteiger partial charge in [-0.3, -0.25) is 9.59 Å². The highest BCUT2D eigenvalue weighted by Crippen LogP contribution is 2.29. The molecule has 0 fully saturated rings. The first-order valence-corrected chi connectivity index (χ1v) is 8.55.